The van der Waals surface area contributed by atoms with Gasteiger partial charge < -0.3 is 42.9 Å². The maximum atomic E-state index is 5.73. The molecule has 2 aromatic carbocycles. The van der Waals surface area contributed by atoms with Crippen LogP contribution in [0.2, 0.25) is 0 Å². The predicted molar refractivity (Wildman–Crippen MR) is 107 cm³/mol. The SMILES string of the molecule is CCCc1c2[n+](cc3c(OC)c(OC)ccc13)CCc1cc3c(cc1-2)OCO3.[I-]. The Morgan fingerprint density at radius 2 is 1.83 bits per heavy atom. The lowest BCUT2D eigenvalue weighted by Crippen LogP contribution is -3.00. The highest BCUT2D eigenvalue weighted by Gasteiger charge is 2.31. The zero-order valence-corrected chi connectivity index (χ0v) is 19.0. The van der Waals surface area contributed by atoms with Gasteiger partial charge in [0.15, 0.2) is 35.7 Å². The fraction of sp³-hybridized carbons (Fsp3) is 0.348. The van der Waals surface area contributed by atoms with Crippen molar-refractivity contribution in [2.45, 2.75) is 32.7 Å². The Hall–Kier alpha value is -2.22. The number of aryl methyl sites for hydroxylation is 3. The summed E-state index contributed by atoms with van der Waals surface area (Å²) in [6, 6.07) is 8.45. The maximum Gasteiger partial charge on any atom is 0.231 e. The van der Waals surface area contributed by atoms with Gasteiger partial charge in [0.25, 0.3) is 0 Å². The number of pyridine rings is 1. The van der Waals surface area contributed by atoms with E-state index in [2.05, 4.69) is 35.9 Å². The van der Waals surface area contributed by atoms with Crippen LogP contribution in [0.1, 0.15) is 24.5 Å². The summed E-state index contributed by atoms with van der Waals surface area (Å²) in [5.41, 5.74) is 5.19. The normalized spacial score (nSPS) is 13.5. The number of ether oxygens (including phenoxy) is 4. The van der Waals surface area contributed by atoms with Gasteiger partial charge in [0, 0.05) is 17.4 Å². The van der Waals surface area contributed by atoms with Crippen molar-refractivity contribution >= 4 is 10.8 Å². The third-order valence-corrected chi connectivity index (χ3v) is 5.74. The Morgan fingerprint density at radius 1 is 1.03 bits per heavy atom. The van der Waals surface area contributed by atoms with Crippen LogP contribution in [0.25, 0.3) is 22.0 Å². The third-order valence-electron chi connectivity index (χ3n) is 5.74. The van der Waals surface area contributed by atoms with E-state index in [1.54, 1.807) is 14.2 Å². The Bertz CT molecular complexity index is 1100. The molecule has 0 radical (unpaired) electrons. The first-order chi connectivity index (χ1) is 13.7. The van der Waals surface area contributed by atoms with Crippen LogP contribution >= 0.6 is 0 Å². The molecule has 0 atom stereocenters. The lowest BCUT2D eigenvalue weighted by Gasteiger charge is -2.20. The molecule has 0 bridgehead atoms. The van der Waals surface area contributed by atoms with Gasteiger partial charge in [0.1, 0.15) is 0 Å². The van der Waals surface area contributed by atoms with Crippen molar-refractivity contribution in [1.29, 1.82) is 0 Å². The molecule has 2 aliphatic heterocycles. The van der Waals surface area contributed by atoms with E-state index in [0.29, 0.717) is 6.79 Å². The van der Waals surface area contributed by atoms with Crippen LogP contribution in [0, 0.1) is 0 Å². The molecule has 2 aliphatic rings. The molecule has 0 fully saturated rings. The van der Waals surface area contributed by atoms with Gasteiger partial charge in [-0.1, -0.05) is 13.3 Å². The second-order valence-corrected chi connectivity index (χ2v) is 7.27. The summed E-state index contributed by atoms with van der Waals surface area (Å²) in [4.78, 5) is 0. The zero-order valence-electron chi connectivity index (χ0n) is 16.9. The molecule has 3 aromatic rings. The van der Waals surface area contributed by atoms with E-state index in [9.17, 15) is 0 Å². The fourth-order valence-electron chi connectivity index (χ4n) is 4.51. The van der Waals surface area contributed by atoms with Gasteiger partial charge in [-0.05, 0) is 36.2 Å². The zero-order chi connectivity index (χ0) is 19.3. The van der Waals surface area contributed by atoms with Gasteiger partial charge in [0.2, 0.25) is 12.5 Å². The monoisotopic (exact) mass is 505 g/mol. The van der Waals surface area contributed by atoms with Crippen molar-refractivity contribution in [3.63, 3.8) is 0 Å². The standard InChI is InChI=1S/C23H24NO4.HI/c1-4-5-16-15-6-7-19(25-2)23(26-3)18(15)12-24-9-8-14-10-20-21(28-13-27-20)11-17(14)22(16)24;/h6-7,10-12H,4-5,8-9,13H2,1-3H3;1H/q+1;/p-1. The van der Waals surface area contributed by atoms with Crippen LogP contribution in [0.4, 0.5) is 0 Å². The van der Waals surface area contributed by atoms with E-state index in [1.165, 1.54) is 27.8 Å². The minimum Gasteiger partial charge on any atom is -1.00 e. The fourth-order valence-corrected chi connectivity index (χ4v) is 4.51. The summed E-state index contributed by atoms with van der Waals surface area (Å²) in [6.07, 6.45) is 5.24. The van der Waals surface area contributed by atoms with E-state index in [0.717, 1.165) is 54.2 Å². The quantitative estimate of drug-likeness (QED) is 0.393. The molecule has 5 nitrogen and oxygen atoms in total. The average molecular weight is 505 g/mol. The van der Waals surface area contributed by atoms with Gasteiger partial charge in [-0.3, -0.25) is 0 Å². The van der Waals surface area contributed by atoms with Gasteiger partial charge in [-0.15, -0.1) is 0 Å². The van der Waals surface area contributed by atoms with Crippen molar-refractivity contribution in [2.24, 2.45) is 0 Å². The maximum absolute atomic E-state index is 5.73. The number of hydrogen-bond acceptors (Lipinski definition) is 4. The summed E-state index contributed by atoms with van der Waals surface area (Å²) in [5.74, 6) is 3.25. The molecule has 29 heavy (non-hydrogen) atoms. The van der Waals surface area contributed by atoms with Crippen molar-refractivity contribution in [3.8, 4) is 34.3 Å². The Labute approximate surface area is 187 Å². The minimum absolute atomic E-state index is 0. The molecule has 1 aromatic heterocycles. The molecule has 0 amide bonds. The Morgan fingerprint density at radius 3 is 2.55 bits per heavy atom. The molecule has 0 spiro atoms. The largest absolute Gasteiger partial charge is 1.00 e. The number of nitrogens with zero attached hydrogens (tertiary/aromatic N) is 1. The first-order valence-electron chi connectivity index (χ1n) is 9.78. The first kappa shape index (κ1) is 20.1. The summed E-state index contributed by atoms with van der Waals surface area (Å²) in [7, 11) is 3.39. The molecule has 0 unspecified atom stereocenters. The molecule has 152 valence electrons. The molecular formula is C23H24INO4. The van der Waals surface area contributed by atoms with E-state index >= 15 is 0 Å². The van der Waals surface area contributed by atoms with E-state index in [4.69, 9.17) is 18.9 Å². The number of aromatic nitrogens is 1. The second kappa shape index (κ2) is 7.89. The molecular weight excluding hydrogens is 481 g/mol. The van der Waals surface area contributed by atoms with Crippen LogP contribution in [-0.4, -0.2) is 21.0 Å². The first-order valence-corrected chi connectivity index (χ1v) is 9.78. The number of halogens is 1. The summed E-state index contributed by atoms with van der Waals surface area (Å²) in [5, 5.41) is 2.31. The van der Waals surface area contributed by atoms with Crippen LogP contribution in [0.3, 0.4) is 0 Å². The van der Waals surface area contributed by atoms with Gasteiger partial charge >= 0.3 is 0 Å². The van der Waals surface area contributed by atoms with Crippen LogP contribution in [0.15, 0.2) is 30.5 Å². The predicted octanol–water partition coefficient (Wildman–Crippen LogP) is 1.05. The summed E-state index contributed by atoms with van der Waals surface area (Å²) < 4.78 is 24.9. The van der Waals surface area contributed by atoms with E-state index < -0.39 is 0 Å². The molecule has 0 saturated heterocycles. The van der Waals surface area contributed by atoms with Gasteiger partial charge in [0.05, 0.1) is 25.2 Å². The van der Waals surface area contributed by atoms with Crippen molar-refractivity contribution in [2.75, 3.05) is 21.0 Å². The number of benzene rings is 2. The lowest BCUT2D eigenvalue weighted by molar-refractivity contribution is -0.686. The van der Waals surface area contributed by atoms with E-state index in [-0.39, 0.29) is 24.0 Å². The van der Waals surface area contributed by atoms with E-state index in [1.807, 2.05) is 6.07 Å². The van der Waals surface area contributed by atoms with Crippen molar-refractivity contribution < 1.29 is 47.5 Å². The smallest absolute Gasteiger partial charge is 0.231 e. The lowest BCUT2D eigenvalue weighted by atomic mass is 9.89. The highest BCUT2D eigenvalue weighted by molar-refractivity contribution is 5.95. The number of methoxy groups -OCH3 is 2. The average Bonchev–Trinajstić information content (AvgIpc) is 3.18. The number of hydrogen-bond donors (Lipinski definition) is 0. The van der Waals surface area contributed by atoms with Crippen molar-refractivity contribution in [1.82, 2.24) is 0 Å². The third kappa shape index (κ3) is 3.08. The minimum atomic E-state index is 0. The van der Waals surface area contributed by atoms with Gasteiger partial charge in [-0.25, -0.2) is 0 Å². The van der Waals surface area contributed by atoms with Crippen LogP contribution < -0.4 is 47.5 Å². The van der Waals surface area contributed by atoms with Crippen LogP contribution in [-0.2, 0) is 19.4 Å². The Balaban J connectivity index is 0.00000205. The molecule has 0 N–H and O–H groups in total. The highest BCUT2D eigenvalue weighted by Crippen LogP contribution is 2.43. The molecule has 0 saturated carbocycles. The highest BCUT2D eigenvalue weighted by atomic mass is 127. The molecule has 6 heteroatoms. The number of fused-ring (bicyclic) bond motifs is 5. The number of rotatable bonds is 4. The van der Waals surface area contributed by atoms with Crippen molar-refractivity contribution in [3.05, 3.63) is 41.6 Å². The molecule has 5 rings (SSSR count). The topological polar surface area (TPSA) is 40.8 Å². The summed E-state index contributed by atoms with van der Waals surface area (Å²) in [6.45, 7) is 3.45. The Kier molecular flexibility index (Phi) is 5.46. The van der Waals surface area contributed by atoms with Crippen LogP contribution in [0.5, 0.6) is 23.0 Å². The molecule has 0 aliphatic carbocycles. The summed E-state index contributed by atoms with van der Waals surface area (Å²) >= 11 is 0. The second-order valence-electron chi connectivity index (χ2n) is 7.27. The van der Waals surface area contributed by atoms with Gasteiger partial charge in [-0.2, -0.15) is 4.57 Å². The molecule has 3 heterocycles.